The van der Waals surface area contributed by atoms with Crippen molar-refractivity contribution >= 4 is 11.6 Å². The minimum Gasteiger partial charge on any atom is -0.390 e. The van der Waals surface area contributed by atoms with Crippen LogP contribution in [0.3, 0.4) is 0 Å². The third-order valence-corrected chi connectivity index (χ3v) is 4.22. The van der Waals surface area contributed by atoms with Crippen molar-refractivity contribution in [1.82, 2.24) is 5.06 Å². The summed E-state index contributed by atoms with van der Waals surface area (Å²) in [6.45, 7) is -0.125. The molecule has 1 amide bonds. The third-order valence-electron chi connectivity index (χ3n) is 4.22. The molecule has 1 N–H and O–H groups in total. The Morgan fingerprint density at radius 2 is 2.20 bits per heavy atom. The van der Waals surface area contributed by atoms with Gasteiger partial charge in [0.25, 0.3) is 5.91 Å². The zero-order valence-electron chi connectivity index (χ0n) is 10.7. The first kappa shape index (κ1) is 11.9. The van der Waals surface area contributed by atoms with Gasteiger partial charge in [-0.3, -0.25) is 9.63 Å². The first-order chi connectivity index (χ1) is 9.79. The zero-order valence-corrected chi connectivity index (χ0v) is 10.7. The fourth-order valence-corrected chi connectivity index (χ4v) is 3.30. The number of aliphatic hydroxyl groups excluding tert-OH is 1. The van der Waals surface area contributed by atoms with Gasteiger partial charge in [0.15, 0.2) is 6.10 Å². The summed E-state index contributed by atoms with van der Waals surface area (Å²) in [5.74, 6) is -0.178. The van der Waals surface area contributed by atoms with Gasteiger partial charge in [-0.15, -0.1) is 0 Å². The Hall–Kier alpha value is -1.92. The molecule has 1 aliphatic carbocycles. The molecule has 20 heavy (non-hydrogen) atoms. The summed E-state index contributed by atoms with van der Waals surface area (Å²) < 4.78 is 0. The Morgan fingerprint density at radius 3 is 2.95 bits per heavy atom. The second kappa shape index (κ2) is 4.29. The van der Waals surface area contributed by atoms with Crippen LogP contribution in [-0.4, -0.2) is 46.6 Å². The summed E-state index contributed by atoms with van der Waals surface area (Å²) in [6, 6.07) is 8.91. The maximum atomic E-state index is 12.4. The lowest BCUT2D eigenvalue weighted by Crippen LogP contribution is -2.49. The van der Waals surface area contributed by atoms with E-state index in [-0.39, 0.29) is 36.7 Å². The predicted octanol–water partition coefficient (Wildman–Crippen LogP) is 0.578. The molecule has 0 spiro atoms. The van der Waals surface area contributed by atoms with Gasteiger partial charge in [-0.05, 0) is 12.1 Å². The second-order valence-electron chi connectivity index (χ2n) is 5.28. The molecule has 2 bridgehead atoms. The van der Waals surface area contributed by atoms with E-state index in [1.807, 2.05) is 18.2 Å². The topological polar surface area (TPSA) is 71.4 Å². The van der Waals surface area contributed by atoms with Crippen molar-refractivity contribution in [3.8, 4) is 0 Å². The lowest BCUT2D eigenvalue weighted by Gasteiger charge is -2.32. The van der Waals surface area contributed by atoms with Crippen molar-refractivity contribution in [2.45, 2.75) is 24.7 Å². The van der Waals surface area contributed by atoms with Crippen LogP contribution in [0, 0.1) is 5.92 Å². The Bertz CT molecular complexity index is 574. The maximum Gasteiger partial charge on any atom is 0.277 e. The monoisotopic (exact) mass is 274 g/mol. The van der Waals surface area contributed by atoms with Crippen molar-refractivity contribution in [2.24, 2.45) is 11.1 Å². The molecule has 4 rings (SSSR count). The number of hydrogen-bond donors (Lipinski definition) is 1. The quantitative estimate of drug-likeness (QED) is 0.856. The maximum absolute atomic E-state index is 12.4. The fourth-order valence-electron chi connectivity index (χ4n) is 3.30. The van der Waals surface area contributed by atoms with Crippen molar-refractivity contribution in [1.29, 1.82) is 0 Å². The van der Waals surface area contributed by atoms with Gasteiger partial charge in [0.1, 0.15) is 6.04 Å². The van der Waals surface area contributed by atoms with Crippen LogP contribution in [0.4, 0.5) is 0 Å². The number of aliphatic hydroxyl groups is 1. The van der Waals surface area contributed by atoms with E-state index < -0.39 is 0 Å². The van der Waals surface area contributed by atoms with Crippen LogP contribution in [0.5, 0.6) is 0 Å². The molecule has 0 radical (unpaired) electrons. The highest BCUT2D eigenvalue weighted by Crippen LogP contribution is 2.45. The molecule has 2 aliphatic heterocycles. The van der Waals surface area contributed by atoms with Crippen molar-refractivity contribution < 1.29 is 19.6 Å². The minimum atomic E-state index is -0.191. The van der Waals surface area contributed by atoms with Gasteiger partial charge in [0.2, 0.25) is 0 Å². The van der Waals surface area contributed by atoms with E-state index in [0.29, 0.717) is 11.3 Å². The normalized spacial score (nSPS) is 33.9. The van der Waals surface area contributed by atoms with Crippen molar-refractivity contribution in [2.75, 3.05) is 6.61 Å². The van der Waals surface area contributed by atoms with Crippen molar-refractivity contribution in [3.63, 3.8) is 0 Å². The number of fused-ring (bicyclic) bond motifs is 5. The number of rotatable bonds is 2. The largest absolute Gasteiger partial charge is 0.390 e. The molecule has 1 aromatic carbocycles. The highest BCUT2D eigenvalue weighted by atomic mass is 16.7. The summed E-state index contributed by atoms with van der Waals surface area (Å²) >= 11 is 0. The molecule has 0 unspecified atom stereocenters. The van der Waals surface area contributed by atoms with Gasteiger partial charge in [-0.25, -0.2) is 5.06 Å². The van der Waals surface area contributed by atoms with Gasteiger partial charge in [0, 0.05) is 12.0 Å². The van der Waals surface area contributed by atoms with E-state index in [1.165, 1.54) is 5.06 Å². The minimum absolute atomic E-state index is 0.0233. The molecular formula is C14H14N2O4. The summed E-state index contributed by atoms with van der Waals surface area (Å²) in [4.78, 5) is 23.6. The van der Waals surface area contributed by atoms with Gasteiger partial charge in [-0.2, -0.15) is 0 Å². The third kappa shape index (κ3) is 1.52. The fraction of sp³-hybridized carbons (Fsp3) is 0.429. The van der Waals surface area contributed by atoms with Gasteiger partial charge < -0.3 is 9.94 Å². The zero-order chi connectivity index (χ0) is 13.7. The highest BCUT2D eigenvalue weighted by Gasteiger charge is 2.60. The Balaban J connectivity index is 1.57. The van der Waals surface area contributed by atoms with E-state index in [4.69, 9.17) is 9.68 Å². The Morgan fingerprint density at radius 1 is 1.40 bits per heavy atom. The second-order valence-corrected chi connectivity index (χ2v) is 5.28. The Kier molecular flexibility index (Phi) is 2.55. The number of carbonyl (C=O) groups is 1. The highest BCUT2D eigenvalue weighted by molar-refractivity contribution is 5.95. The summed E-state index contributed by atoms with van der Waals surface area (Å²) in [6.07, 6.45) is 0.405. The lowest BCUT2D eigenvalue weighted by atomic mass is 9.97. The molecule has 2 fully saturated rings. The van der Waals surface area contributed by atoms with Crippen LogP contribution in [0.15, 0.2) is 35.5 Å². The SMILES string of the molecule is O=C(c1ccccc1)N1O[C@H]2C[C@@H]1[C@@H]1ON=C(CO)[C@@H]12. The molecule has 4 atom stereocenters. The van der Waals surface area contributed by atoms with Crippen LogP contribution in [0.1, 0.15) is 16.8 Å². The smallest absolute Gasteiger partial charge is 0.277 e. The predicted molar refractivity (Wildman–Crippen MR) is 68.8 cm³/mol. The number of amides is 1. The average Bonchev–Trinajstić information content (AvgIpc) is 3.18. The van der Waals surface area contributed by atoms with Gasteiger partial charge in [-0.1, -0.05) is 23.4 Å². The van der Waals surface area contributed by atoms with Crippen molar-refractivity contribution in [3.05, 3.63) is 35.9 Å². The number of benzene rings is 1. The molecular weight excluding hydrogens is 260 g/mol. The number of hydrogen-bond acceptors (Lipinski definition) is 5. The molecule has 1 aromatic rings. The first-order valence-electron chi connectivity index (χ1n) is 6.68. The standard InChI is InChI=1S/C14H14N2O4/c17-7-9-12-11-6-10(13(12)19-15-9)16(20-11)14(18)8-4-2-1-3-5-8/h1-5,10-13,17H,6-7H2/t10-,11+,12-,13+/m1/s1. The summed E-state index contributed by atoms with van der Waals surface area (Å²) in [7, 11) is 0. The van der Waals surface area contributed by atoms with Crippen LogP contribution in [0.2, 0.25) is 0 Å². The molecule has 2 heterocycles. The van der Waals surface area contributed by atoms with Crippen LogP contribution in [-0.2, 0) is 9.68 Å². The van der Waals surface area contributed by atoms with Gasteiger partial charge >= 0.3 is 0 Å². The first-order valence-corrected chi connectivity index (χ1v) is 6.68. The van der Waals surface area contributed by atoms with E-state index in [2.05, 4.69) is 5.16 Å². The molecule has 1 saturated heterocycles. The van der Waals surface area contributed by atoms with Crippen LogP contribution >= 0.6 is 0 Å². The Labute approximate surface area is 115 Å². The van der Waals surface area contributed by atoms with E-state index in [1.54, 1.807) is 12.1 Å². The average molecular weight is 274 g/mol. The molecule has 104 valence electrons. The molecule has 6 heteroatoms. The van der Waals surface area contributed by atoms with E-state index in [9.17, 15) is 9.90 Å². The van der Waals surface area contributed by atoms with E-state index >= 15 is 0 Å². The summed E-state index contributed by atoms with van der Waals surface area (Å²) in [5, 5.41) is 14.6. The molecule has 1 saturated carbocycles. The van der Waals surface area contributed by atoms with Gasteiger partial charge in [0.05, 0.1) is 24.3 Å². The van der Waals surface area contributed by atoms with Crippen LogP contribution in [0.25, 0.3) is 0 Å². The number of hydroxylamine groups is 2. The molecule has 0 aromatic heterocycles. The molecule has 3 aliphatic rings. The number of oxime groups is 1. The summed E-state index contributed by atoms with van der Waals surface area (Å²) in [5.41, 5.74) is 1.22. The number of nitrogens with zero attached hydrogens (tertiary/aromatic N) is 2. The number of carbonyl (C=O) groups excluding carboxylic acids is 1. The lowest BCUT2D eigenvalue weighted by molar-refractivity contribution is -0.190. The van der Waals surface area contributed by atoms with E-state index in [0.717, 1.165) is 6.42 Å². The van der Waals surface area contributed by atoms with Crippen LogP contribution < -0.4 is 0 Å². The molecule has 6 nitrogen and oxygen atoms in total.